The molecule has 31 heavy (non-hydrogen) atoms. The number of carbonyl (C=O) groups excluding carboxylic acids is 3. The van der Waals surface area contributed by atoms with E-state index in [1.165, 1.54) is 5.56 Å². The van der Waals surface area contributed by atoms with Gasteiger partial charge in [-0.2, -0.15) is 0 Å². The number of nitrogens with two attached hydrogens (primary N) is 1. The standard InChI is InChI=1S/C25H31N3O3/c1-3-27-14-15-28(24(30)13-12-23(26)29)17-21(25(27)31)16-20-6-4-5-7-22(20)19-10-8-18(2)9-11-19/h4-11,21H,3,12-17H2,1-2H3,(H2,26,29). The first-order valence-electron chi connectivity index (χ1n) is 10.9. The van der Waals surface area contributed by atoms with E-state index in [9.17, 15) is 14.4 Å². The Hall–Kier alpha value is -3.15. The Bertz CT molecular complexity index is 939. The molecule has 1 heterocycles. The summed E-state index contributed by atoms with van der Waals surface area (Å²) >= 11 is 0. The molecule has 0 radical (unpaired) electrons. The summed E-state index contributed by atoms with van der Waals surface area (Å²) in [7, 11) is 0. The van der Waals surface area contributed by atoms with Crippen molar-refractivity contribution in [1.29, 1.82) is 0 Å². The molecule has 1 aliphatic rings. The highest BCUT2D eigenvalue weighted by Crippen LogP contribution is 2.27. The van der Waals surface area contributed by atoms with E-state index in [1.807, 2.05) is 24.0 Å². The summed E-state index contributed by atoms with van der Waals surface area (Å²) in [5, 5.41) is 0. The van der Waals surface area contributed by atoms with Gasteiger partial charge < -0.3 is 15.5 Å². The highest BCUT2D eigenvalue weighted by atomic mass is 16.2. The molecule has 0 aliphatic carbocycles. The van der Waals surface area contributed by atoms with Gasteiger partial charge in [0, 0.05) is 39.0 Å². The minimum atomic E-state index is -0.488. The van der Waals surface area contributed by atoms with Crippen molar-refractivity contribution < 1.29 is 14.4 Å². The van der Waals surface area contributed by atoms with Crippen molar-refractivity contribution in [2.75, 3.05) is 26.2 Å². The first-order valence-corrected chi connectivity index (χ1v) is 10.9. The molecule has 0 spiro atoms. The van der Waals surface area contributed by atoms with Crippen LogP contribution in [0.4, 0.5) is 0 Å². The van der Waals surface area contributed by atoms with Gasteiger partial charge in [0.1, 0.15) is 0 Å². The molecule has 2 aromatic rings. The maximum absolute atomic E-state index is 13.2. The molecule has 1 atom stereocenters. The van der Waals surface area contributed by atoms with E-state index >= 15 is 0 Å². The van der Waals surface area contributed by atoms with Crippen LogP contribution in [0, 0.1) is 12.8 Å². The third-order valence-electron chi connectivity index (χ3n) is 5.91. The lowest BCUT2D eigenvalue weighted by atomic mass is 9.91. The van der Waals surface area contributed by atoms with Gasteiger partial charge in [-0.3, -0.25) is 14.4 Å². The van der Waals surface area contributed by atoms with Crippen LogP contribution in [0.1, 0.15) is 30.9 Å². The maximum atomic E-state index is 13.2. The monoisotopic (exact) mass is 421 g/mol. The molecular weight excluding hydrogens is 390 g/mol. The number of carbonyl (C=O) groups is 3. The van der Waals surface area contributed by atoms with Crippen molar-refractivity contribution in [3.8, 4) is 11.1 Å². The third kappa shape index (κ3) is 5.72. The van der Waals surface area contributed by atoms with Crippen molar-refractivity contribution in [3.63, 3.8) is 0 Å². The second-order valence-electron chi connectivity index (χ2n) is 8.15. The number of hydrogen-bond acceptors (Lipinski definition) is 3. The minimum absolute atomic E-state index is 0.0295. The van der Waals surface area contributed by atoms with E-state index in [0.29, 0.717) is 32.6 Å². The Morgan fingerprint density at radius 2 is 1.74 bits per heavy atom. The van der Waals surface area contributed by atoms with Crippen LogP contribution in [-0.4, -0.2) is 53.7 Å². The minimum Gasteiger partial charge on any atom is -0.370 e. The van der Waals surface area contributed by atoms with Gasteiger partial charge in [0.05, 0.1) is 5.92 Å². The van der Waals surface area contributed by atoms with Gasteiger partial charge in [-0.05, 0) is 37.0 Å². The maximum Gasteiger partial charge on any atom is 0.227 e. The molecule has 1 unspecified atom stereocenters. The van der Waals surface area contributed by atoms with Gasteiger partial charge in [0.15, 0.2) is 0 Å². The first kappa shape index (κ1) is 22.5. The zero-order valence-corrected chi connectivity index (χ0v) is 18.3. The third-order valence-corrected chi connectivity index (χ3v) is 5.91. The Kier molecular flexibility index (Phi) is 7.45. The van der Waals surface area contributed by atoms with Gasteiger partial charge in [0.25, 0.3) is 0 Å². The molecule has 1 saturated heterocycles. The number of rotatable bonds is 7. The topological polar surface area (TPSA) is 83.7 Å². The van der Waals surface area contributed by atoms with Crippen LogP contribution in [0.5, 0.6) is 0 Å². The molecule has 2 N–H and O–H groups in total. The number of likely N-dealkylation sites (N-methyl/N-ethyl adjacent to an activating group) is 1. The van der Waals surface area contributed by atoms with Crippen LogP contribution in [0.15, 0.2) is 48.5 Å². The summed E-state index contributed by atoms with van der Waals surface area (Å²) in [6.45, 7) is 5.97. The number of hydrogen-bond donors (Lipinski definition) is 1. The Labute approximate surface area is 184 Å². The second-order valence-corrected chi connectivity index (χ2v) is 8.15. The highest BCUT2D eigenvalue weighted by Gasteiger charge is 2.32. The lowest BCUT2D eigenvalue weighted by molar-refractivity contribution is -0.135. The van der Waals surface area contributed by atoms with Gasteiger partial charge in [-0.15, -0.1) is 0 Å². The fourth-order valence-electron chi connectivity index (χ4n) is 4.10. The van der Waals surface area contributed by atoms with Crippen molar-refractivity contribution in [1.82, 2.24) is 9.80 Å². The first-order chi connectivity index (χ1) is 14.9. The van der Waals surface area contributed by atoms with Gasteiger partial charge in [-0.25, -0.2) is 0 Å². The smallest absolute Gasteiger partial charge is 0.227 e. The largest absolute Gasteiger partial charge is 0.370 e. The second kappa shape index (κ2) is 10.2. The fraction of sp³-hybridized carbons (Fsp3) is 0.400. The van der Waals surface area contributed by atoms with E-state index in [4.69, 9.17) is 5.73 Å². The van der Waals surface area contributed by atoms with Gasteiger partial charge in [-0.1, -0.05) is 54.1 Å². The van der Waals surface area contributed by atoms with E-state index in [0.717, 1.165) is 16.7 Å². The summed E-state index contributed by atoms with van der Waals surface area (Å²) < 4.78 is 0. The number of nitrogens with zero attached hydrogens (tertiary/aromatic N) is 2. The molecule has 6 heteroatoms. The number of primary amides is 1. The lowest BCUT2D eigenvalue weighted by Gasteiger charge is -2.24. The average Bonchev–Trinajstić information content (AvgIpc) is 2.92. The van der Waals surface area contributed by atoms with Crippen LogP contribution in [-0.2, 0) is 20.8 Å². The van der Waals surface area contributed by atoms with Crippen molar-refractivity contribution in [2.45, 2.75) is 33.1 Å². The molecule has 2 aromatic carbocycles. The molecule has 1 aliphatic heterocycles. The molecule has 3 amide bonds. The molecule has 0 aromatic heterocycles. The number of aryl methyl sites for hydroxylation is 1. The molecule has 3 rings (SSSR count). The van der Waals surface area contributed by atoms with Crippen LogP contribution in [0.3, 0.4) is 0 Å². The van der Waals surface area contributed by atoms with E-state index in [2.05, 4.69) is 43.3 Å². The number of benzene rings is 2. The molecule has 164 valence electrons. The van der Waals surface area contributed by atoms with Crippen LogP contribution >= 0.6 is 0 Å². The lowest BCUT2D eigenvalue weighted by Crippen LogP contribution is -2.38. The highest BCUT2D eigenvalue weighted by molar-refractivity contribution is 5.85. The Morgan fingerprint density at radius 3 is 2.42 bits per heavy atom. The Morgan fingerprint density at radius 1 is 1.03 bits per heavy atom. The Balaban J connectivity index is 1.85. The van der Waals surface area contributed by atoms with Gasteiger partial charge in [0.2, 0.25) is 17.7 Å². The van der Waals surface area contributed by atoms with Crippen LogP contribution in [0.25, 0.3) is 11.1 Å². The van der Waals surface area contributed by atoms with Crippen molar-refractivity contribution >= 4 is 17.7 Å². The predicted molar refractivity (Wildman–Crippen MR) is 121 cm³/mol. The zero-order valence-electron chi connectivity index (χ0n) is 18.3. The van der Waals surface area contributed by atoms with Crippen LogP contribution < -0.4 is 5.73 Å². The average molecular weight is 422 g/mol. The van der Waals surface area contributed by atoms with E-state index in [-0.39, 0.29) is 30.6 Å². The van der Waals surface area contributed by atoms with Crippen LogP contribution in [0.2, 0.25) is 0 Å². The van der Waals surface area contributed by atoms with E-state index < -0.39 is 5.91 Å². The van der Waals surface area contributed by atoms with Crippen molar-refractivity contribution in [3.05, 3.63) is 59.7 Å². The number of amides is 3. The molecule has 1 fully saturated rings. The fourth-order valence-corrected chi connectivity index (χ4v) is 4.10. The summed E-state index contributed by atoms with van der Waals surface area (Å²) in [4.78, 5) is 40.5. The molecular formula is C25H31N3O3. The van der Waals surface area contributed by atoms with E-state index in [1.54, 1.807) is 4.90 Å². The normalized spacial score (nSPS) is 16.8. The predicted octanol–water partition coefficient (Wildman–Crippen LogP) is 2.78. The van der Waals surface area contributed by atoms with Crippen molar-refractivity contribution in [2.24, 2.45) is 11.7 Å². The summed E-state index contributed by atoms with van der Waals surface area (Å²) in [6.07, 6.45) is 0.670. The summed E-state index contributed by atoms with van der Waals surface area (Å²) in [5.74, 6) is -0.864. The summed E-state index contributed by atoms with van der Waals surface area (Å²) in [5.41, 5.74) is 9.71. The van der Waals surface area contributed by atoms with Gasteiger partial charge >= 0.3 is 0 Å². The molecule has 6 nitrogen and oxygen atoms in total. The molecule has 0 saturated carbocycles. The quantitative estimate of drug-likeness (QED) is 0.746. The zero-order chi connectivity index (χ0) is 22.4. The summed E-state index contributed by atoms with van der Waals surface area (Å²) in [6, 6.07) is 16.5. The SMILES string of the molecule is CCN1CCN(C(=O)CCC(N)=O)CC(Cc2ccccc2-c2ccc(C)cc2)C1=O. The molecule has 0 bridgehead atoms.